The molecule has 3 aromatic heterocycles. The van der Waals surface area contributed by atoms with E-state index in [4.69, 9.17) is 5.73 Å². The fraction of sp³-hybridized carbons (Fsp3) is 0.115. The summed E-state index contributed by atoms with van der Waals surface area (Å²) in [7, 11) is 0. The minimum atomic E-state index is -1.32. The van der Waals surface area contributed by atoms with Gasteiger partial charge in [0, 0.05) is 30.6 Å². The average molecular weight is 519 g/mol. The van der Waals surface area contributed by atoms with Gasteiger partial charge in [0.2, 0.25) is 5.91 Å². The highest BCUT2D eigenvalue weighted by Crippen LogP contribution is 2.44. The highest BCUT2D eigenvalue weighted by Gasteiger charge is 2.47. The summed E-state index contributed by atoms with van der Waals surface area (Å²) in [6, 6.07) is 7.01. The van der Waals surface area contributed by atoms with Crippen LogP contribution in [0.2, 0.25) is 0 Å². The lowest BCUT2D eigenvalue weighted by molar-refractivity contribution is -0.119. The van der Waals surface area contributed by atoms with Crippen molar-refractivity contribution in [2.24, 2.45) is 0 Å². The number of aromatic nitrogens is 5. The van der Waals surface area contributed by atoms with E-state index < -0.39 is 46.6 Å². The Morgan fingerprint density at radius 1 is 1.00 bits per heavy atom. The zero-order valence-corrected chi connectivity index (χ0v) is 19.6. The maximum Gasteiger partial charge on any atom is 0.240 e. The average Bonchev–Trinajstić information content (AvgIpc) is 3.47. The van der Waals surface area contributed by atoms with Gasteiger partial charge in [-0.05, 0) is 36.8 Å². The number of imidazole rings is 1. The molecule has 1 aliphatic rings. The van der Waals surface area contributed by atoms with Crippen LogP contribution in [0.5, 0.6) is 0 Å². The number of benzene rings is 2. The van der Waals surface area contributed by atoms with Crippen molar-refractivity contribution in [1.29, 1.82) is 0 Å². The summed E-state index contributed by atoms with van der Waals surface area (Å²) >= 11 is 0. The summed E-state index contributed by atoms with van der Waals surface area (Å²) in [4.78, 5) is 30.6. The SMILES string of the molecule is CC1(c2ccc(F)cc2)C(=O)Nc2nc(-c3cn4ccnc4c(Cc4c(F)ccc(F)c4F)n3)nc(N)c21. The van der Waals surface area contributed by atoms with E-state index in [0.29, 0.717) is 22.8 Å². The monoisotopic (exact) mass is 519 g/mol. The molecule has 1 aliphatic heterocycles. The number of halogens is 4. The first kappa shape index (κ1) is 23.5. The van der Waals surface area contributed by atoms with Crippen molar-refractivity contribution in [3.05, 3.63) is 101 Å². The van der Waals surface area contributed by atoms with Crippen molar-refractivity contribution in [2.45, 2.75) is 18.8 Å². The van der Waals surface area contributed by atoms with E-state index in [1.54, 1.807) is 23.7 Å². The van der Waals surface area contributed by atoms with Gasteiger partial charge >= 0.3 is 0 Å². The normalized spacial score (nSPS) is 16.6. The third-order valence-electron chi connectivity index (χ3n) is 6.70. The number of amides is 1. The molecule has 12 heteroatoms. The maximum atomic E-state index is 14.4. The number of carbonyl (C=O) groups excluding carboxylic acids is 1. The summed E-state index contributed by atoms with van der Waals surface area (Å²) < 4.78 is 57.6. The first-order valence-corrected chi connectivity index (χ1v) is 11.4. The second-order valence-corrected chi connectivity index (χ2v) is 8.97. The molecular weight excluding hydrogens is 502 g/mol. The molecule has 2 aromatic carbocycles. The van der Waals surface area contributed by atoms with Gasteiger partial charge in [-0.15, -0.1) is 0 Å². The van der Waals surface area contributed by atoms with Gasteiger partial charge < -0.3 is 15.5 Å². The Hall–Kier alpha value is -4.87. The van der Waals surface area contributed by atoms with Crippen LogP contribution in [0, 0.1) is 23.3 Å². The smallest absolute Gasteiger partial charge is 0.240 e. The molecule has 5 aromatic rings. The van der Waals surface area contributed by atoms with Crippen LogP contribution >= 0.6 is 0 Å². The van der Waals surface area contributed by atoms with E-state index in [1.165, 1.54) is 30.5 Å². The summed E-state index contributed by atoms with van der Waals surface area (Å²) in [6.45, 7) is 1.64. The summed E-state index contributed by atoms with van der Waals surface area (Å²) in [6.07, 6.45) is 4.20. The van der Waals surface area contributed by atoms with Crippen LogP contribution < -0.4 is 11.1 Å². The lowest BCUT2D eigenvalue weighted by atomic mass is 9.78. The van der Waals surface area contributed by atoms with Crippen molar-refractivity contribution in [2.75, 3.05) is 11.1 Å². The number of nitrogens with two attached hydrogens (primary N) is 1. The zero-order valence-electron chi connectivity index (χ0n) is 19.6. The highest BCUT2D eigenvalue weighted by molar-refractivity contribution is 6.09. The minimum Gasteiger partial charge on any atom is -0.383 e. The molecule has 0 saturated heterocycles. The Labute approximate surface area is 212 Å². The van der Waals surface area contributed by atoms with Crippen molar-refractivity contribution in [3.8, 4) is 11.5 Å². The first-order valence-electron chi connectivity index (χ1n) is 11.4. The second kappa shape index (κ2) is 8.33. The Morgan fingerprint density at radius 2 is 1.74 bits per heavy atom. The molecular formula is C26H17F4N7O. The molecule has 0 spiro atoms. The number of nitrogens with zero attached hydrogens (tertiary/aromatic N) is 5. The van der Waals surface area contributed by atoms with Crippen LogP contribution in [0.4, 0.5) is 29.2 Å². The van der Waals surface area contributed by atoms with Crippen molar-refractivity contribution in [1.82, 2.24) is 24.3 Å². The zero-order chi connectivity index (χ0) is 26.8. The van der Waals surface area contributed by atoms with E-state index in [1.807, 2.05) is 0 Å². The van der Waals surface area contributed by atoms with Gasteiger partial charge in [0.05, 0.1) is 11.3 Å². The number of carbonyl (C=O) groups is 1. The molecule has 0 bridgehead atoms. The van der Waals surface area contributed by atoms with Gasteiger partial charge in [0.15, 0.2) is 23.1 Å². The number of rotatable bonds is 4. The molecule has 0 saturated carbocycles. The fourth-order valence-corrected chi connectivity index (χ4v) is 4.70. The second-order valence-electron chi connectivity index (χ2n) is 8.97. The van der Waals surface area contributed by atoms with E-state index in [0.717, 1.165) is 6.07 Å². The lowest BCUT2D eigenvalue weighted by Crippen LogP contribution is -2.33. The molecule has 3 N–H and O–H groups in total. The van der Waals surface area contributed by atoms with E-state index in [-0.39, 0.29) is 28.8 Å². The molecule has 1 atom stereocenters. The fourth-order valence-electron chi connectivity index (χ4n) is 4.70. The topological polar surface area (TPSA) is 111 Å². The number of hydrogen-bond acceptors (Lipinski definition) is 6. The third kappa shape index (κ3) is 3.48. The number of nitrogen functional groups attached to an aromatic ring is 1. The first-order chi connectivity index (χ1) is 18.2. The number of fused-ring (bicyclic) bond motifs is 2. The third-order valence-corrected chi connectivity index (χ3v) is 6.70. The predicted octanol–water partition coefficient (Wildman–Crippen LogP) is 4.17. The number of hydrogen-bond donors (Lipinski definition) is 2. The molecule has 4 heterocycles. The largest absolute Gasteiger partial charge is 0.383 e. The minimum absolute atomic E-state index is 0.00790. The van der Waals surface area contributed by atoms with Crippen LogP contribution in [-0.4, -0.2) is 30.2 Å². The molecule has 0 fully saturated rings. The van der Waals surface area contributed by atoms with Crippen LogP contribution in [0.15, 0.2) is 55.0 Å². The Morgan fingerprint density at radius 3 is 2.50 bits per heavy atom. The van der Waals surface area contributed by atoms with Gasteiger partial charge in [-0.3, -0.25) is 4.79 Å². The highest BCUT2D eigenvalue weighted by atomic mass is 19.2. The van der Waals surface area contributed by atoms with Crippen LogP contribution in [-0.2, 0) is 16.6 Å². The summed E-state index contributed by atoms with van der Waals surface area (Å²) in [5.41, 5.74) is 5.97. The number of anilines is 2. The molecule has 0 aliphatic carbocycles. The predicted molar refractivity (Wildman–Crippen MR) is 129 cm³/mol. The molecule has 6 rings (SSSR count). The lowest BCUT2D eigenvalue weighted by Gasteiger charge is -2.23. The summed E-state index contributed by atoms with van der Waals surface area (Å²) in [5, 5.41) is 2.71. The molecule has 0 radical (unpaired) electrons. The summed E-state index contributed by atoms with van der Waals surface area (Å²) in [5.74, 6) is -4.14. The molecule has 1 amide bonds. The van der Waals surface area contributed by atoms with E-state index >= 15 is 0 Å². The maximum absolute atomic E-state index is 14.4. The van der Waals surface area contributed by atoms with Crippen molar-refractivity contribution in [3.63, 3.8) is 0 Å². The van der Waals surface area contributed by atoms with Crippen LogP contribution in [0.25, 0.3) is 17.2 Å². The quantitative estimate of drug-likeness (QED) is 0.272. The van der Waals surface area contributed by atoms with Gasteiger partial charge in [-0.1, -0.05) is 12.1 Å². The van der Waals surface area contributed by atoms with Crippen LogP contribution in [0.1, 0.15) is 29.3 Å². The van der Waals surface area contributed by atoms with Gasteiger partial charge in [-0.25, -0.2) is 37.5 Å². The van der Waals surface area contributed by atoms with Crippen molar-refractivity contribution >= 4 is 23.2 Å². The standard InChI is InChI=1S/C26H17F4N7O/c1-26(12-2-4-13(27)5-3-12)19-21(31)34-22(35-23(19)36-25(26)38)18-11-37-9-8-32-24(37)17(33-18)10-14-15(28)6-7-16(29)20(14)30/h2-9,11H,10H2,1H3,(H3,31,34,35,36,38). The molecule has 8 nitrogen and oxygen atoms in total. The molecule has 1 unspecified atom stereocenters. The Bertz CT molecular complexity index is 1770. The molecule has 38 heavy (non-hydrogen) atoms. The van der Waals surface area contributed by atoms with Gasteiger partial charge in [-0.2, -0.15) is 0 Å². The Kier molecular flexibility index (Phi) is 5.16. The van der Waals surface area contributed by atoms with Gasteiger partial charge in [0.1, 0.15) is 34.4 Å². The van der Waals surface area contributed by atoms with Gasteiger partial charge in [0.25, 0.3) is 0 Å². The number of nitrogens with one attached hydrogen (secondary N) is 1. The van der Waals surface area contributed by atoms with Crippen LogP contribution in [0.3, 0.4) is 0 Å². The van der Waals surface area contributed by atoms with E-state index in [9.17, 15) is 22.4 Å². The Balaban J connectivity index is 1.47. The van der Waals surface area contributed by atoms with E-state index in [2.05, 4.69) is 25.3 Å². The molecule has 190 valence electrons. The van der Waals surface area contributed by atoms with Crippen molar-refractivity contribution < 1.29 is 22.4 Å².